The molecule has 2 amide bonds. The smallest absolute Gasteiger partial charge is 0.264 e. The summed E-state index contributed by atoms with van der Waals surface area (Å²) in [4.78, 5) is 30.2. The fraction of sp³-hybridized carbons (Fsp3) is 0.297. The van der Waals surface area contributed by atoms with Crippen molar-refractivity contribution in [2.75, 3.05) is 18.0 Å². The molecule has 0 saturated heterocycles. The Morgan fingerprint density at radius 1 is 0.854 bits per heavy atom. The highest BCUT2D eigenvalue weighted by molar-refractivity contribution is 7.92. The van der Waals surface area contributed by atoms with Gasteiger partial charge in [-0.15, -0.1) is 0 Å². The van der Waals surface area contributed by atoms with E-state index in [9.17, 15) is 18.0 Å². The molecule has 0 aliphatic rings. The maximum Gasteiger partial charge on any atom is 0.264 e. The van der Waals surface area contributed by atoms with E-state index in [2.05, 4.69) is 5.32 Å². The van der Waals surface area contributed by atoms with Crippen molar-refractivity contribution < 1.29 is 22.7 Å². The van der Waals surface area contributed by atoms with E-state index < -0.39 is 28.5 Å². The van der Waals surface area contributed by atoms with Gasteiger partial charge in [0, 0.05) is 19.0 Å². The average molecular weight is 711 g/mol. The van der Waals surface area contributed by atoms with Gasteiger partial charge in [-0.3, -0.25) is 13.9 Å². The Kier molecular flexibility index (Phi) is 12.5. The molecule has 4 aromatic rings. The largest absolute Gasteiger partial charge is 0.495 e. The maximum absolute atomic E-state index is 14.7. The predicted octanol–water partition coefficient (Wildman–Crippen LogP) is 7.37. The first-order valence-corrected chi connectivity index (χ1v) is 17.8. The Hall–Kier alpha value is -4.05. The fourth-order valence-corrected chi connectivity index (χ4v) is 6.91. The molecular formula is C37H41Cl2N3O5S. The van der Waals surface area contributed by atoms with E-state index in [-0.39, 0.29) is 41.2 Å². The quantitative estimate of drug-likeness (QED) is 0.148. The number of ether oxygens (including phenoxy) is 1. The van der Waals surface area contributed by atoms with Crippen molar-refractivity contribution in [2.24, 2.45) is 0 Å². The summed E-state index contributed by atoms with van der Waals surface area (Å²) >= 11 is 12.6. The molecule has 254 valence electrons. The van der Waals surface area contributed by atoms with Gasteiger partial charge >= 0.3 is 0 Å². The van der Waals surface area contributed by atoms with Crippen LogP contribution < -0.4 is 14.4 Å². The molecule has 0 saturated carbocycles. The second-order valence-corrected chi connectivity index (χ2v) is 14.5. The number of carbonyl (C=O) groups is 2. The summed E-state index contributed by atoms with van der Waals surface area (Å²) in [6, 6.07) is 24.8. The number of nitrogens with one attached hydrogen (secondary N) is 1. The number of sulfonamides is 1. The second kappa shape index (κ2) is 16.4. The molecule has 1 N–H and O–H groups in total. The van der Waals surface area contributed by atoms with E-state index in [1.807, 2.05) is 58.0 Å². The average Bonchev–Trinajstić information content (AvgIpc) is 3.07. The van der Waals surface area contributed by atoms with Crippen molar-refractivity contribution in [2.45, 2.75) is 64.1 Å². The van der Waals surface area contributed by atoms with Crippen LogP contribution in [0.2, 0.25) is 10.0 Å². The van der Waals surface area contributed by atoms with Crippen molar-refractivity contribution >= 4 is 50.7 Å². The minimum Gasteiger partial charge on any atom is -0.495 e. The molecule has 11 heteroatoms. The molecule has 0 spiro atoms. The van der Waals surface area contributed by atoms with Crippen molar-refractivity contribution in [3.05, 3.63) is 123 Å². The minimum absolute atomic E-state index is 0.0100. The zero-order valence-electron chi connectivity index (χ0n) is 27.7. The number of carbonyl (C=O) groups excluding carboxylic acids is 2. The Bertz CT molecular complexity index is 1840. The van der Waals surface area contributed by atoms with E-state index in [1.54, 1.807) is 48.5 Å². The second-order valence-electron chi connectivity index (χ2n) is 11.8. The normalized spacial score (nSPS) is 12.6. The summed E-state index contributed by atoms with van der Waals surface area (Å²) in [5, 5.41) is 3.66. The van der Waals surface area contributed by atoms with Gasteiger partial charge in [0.05, 0.1) is 27.7 Å². The fourth-order valence-electron chi connectivity index (χ4n) is 5.18. The highest BCUT2D eigenvalue weighted by Crippen LogP contribution is 2.34. The summed E-state index contributed by atoms with van der Waals surface area (Å²) in [5.41, 5.74) is 3.30. The standard InChI is InChI=1S/C37H41Cl2N3O5S/c1-6-27(4)40-37(44)34(22-28-10-8-7-9-11-28)41(23-29-15-18-31(38)32(39)21-29)36(43)24-42(33-20-26(3)14-19-35(33)47-5)48(45,46)30-16-12-25(2)13-17-30/h7-21,27,34H,6,22-24H2,1-5H3,(H,40,44)/t27-,34+/m0/s1. The van der Waals surface area contributed by atoms with Crippen LogP contribution in [0.3, 0.4) is 0 Å². The molecule has 0 fully saturated rings. The summed E-state index contributed by atoms with van der Waals surface area (Å²) in [5.74, 6) is -0.682. The van der Waals surface area contributed by atoms with Crippen molar-refractivity contribution in [3.8, 4) is 5.75 Å². The summed E-state index contributed by atoms with van der Waals surface area (Å²) in [6.45, 7) is 6.89. The third kappa shape index (κ3) is 9.09. The van der Waals surface area contributed by atoms with Gasteiger partial charge in [0.15, 0.2) is 0 Å². The number of amides is 2. The number of aryl methyl sites for hydroxylation is 2. The molecule has 0 aliphatic heterocycles. The van der Waals surface area contributed by atoms with E-state index >= 15 is 0 Å². The first kappa shape index (κ1) is 36.8. The van der Waals surface area contributed by atoms with Crippen LogP contribution in [0.25, 0.3) is 0 Å². The zero-order valence-corrected chi connectivity index (χ0v) is 30.1. The number of hydrogen-bond acceptors (Lipinski definition) is 5. The topological polar surface area (TPSA) is 96.0 Å². The molecule has 0 bridgehead atoms. The van der Waals surface area contributed by atoms with E-state index in [1.165, 1.54) is 24.1 Å². The molecule has 2 atom stereocenters. The number of anilines is 1. The molecule has 4 rings (SSSR count). The molecule has 0 unspecified atom stereocenters. The number of halogens is 2. The molecule has 0 radical (unpaired) electrons. The van der Waals surface area contributed by atoms with Gasteiger partial charge in [-0.1, -0.05) is 90.3 Å². The van der Waals surface area contributed by atoms with Crippen LogP contribution in [0.15, 0.2) is 95.9 Å². The number of methoxy groups -OCH3 is 1. The summed E-state index contributed by atoms with van der Waals surface area (Å²) in [7, 11) is -2.85. The van der Waals surface area contributed by atoms with E-state index in [0.29, 0.717) is 22.0 Å². The number of rotatable bonds is 14. The Morgan fingerprint density at radius 2 is 1.52 bits per heavy atom. The summed E-state index contributed by atoms with van der Waals surface area (Å²) in [6.07, 6.45) is 0.870. The SMILES string of the molecule is CC[C@H](C)NC(=O)[C@@H](Cc1ccccc1)N(Cc1ccc(Cl)c(Cl)c1)C(=O)CN(c1cc(C)ccc1OC)S(=O)(=O)c1ccc(C)cc1. The maximum atomic E-state index is 14.7. The van der Waals surface area contributed by atoms with Gasteiger partial charge in [0.1, 0.15) is 18.3 Å². The van der Waals surface area contributed by atoms with Crippen molar-refractivity contribution in [3.63, 3.8) is 0 Å². The molecule has 0 heterocycles. The monoisotopic (exact) mass is 709 g/mol. The van der Waals surface area contributed by atoms with Gasteiger partial charge in [-0.25, -0.2) is 8.42 Å². The highest BCUT2D eigenvalue weighted by atomic mass is 35.5. The zero-order chi connectivity index (χ0) is 35.0. The van der Waals surface area contributed by atoms with Gasteiger partial charge in [-0.05, 0) is 80.3 Å². The Balaban J connectivity index is 1.87. The lowest BCUT2D eigenvalue weighted by Gasteiger charge is -2.34. The van der Waals surface area contributed by atoms with E-state index in [0.717, 1.165) is 21.0 Å². The van der Waals surface area contributed by atoms with Gasteiger partial charge in [-0.2, -0.15) is 0 Å². The van der Waals surface area contributed by atoms with E-state index in [4.69, 9.17) is 27.9 Å². The number of hydrogen-bond donors (Lipinski definition) is 1. The third-order valence-electron chi connectivity index (χ3n) is 8.10. The Labute approximate surface area is 293 Å². The Morgan fingerprint density at radius 3 is 2.15 bits per heavy atom. The lowest BCUT2D eigenvalue weighted by molar-refractivity contribution is -0.140. The van der Waals surface area contributed by atoms with Crippen LogP contribution in [0, 0.1) is 13.8 Å². The van der Waals surface area contributed by atoms with Crippen LogP contribution in [-0.2, 0) is 32.6 Å². The predicted molar refractivity (Wildman–Crippen MR) is 192 cm³/mol. The van der Waals surface area contributed by atoms with Gasteiger partial charge < -0.3 is 15.0 Å². The highest BCUT2D eigenvalue weighted by Gasteiger charge is 2.36. The van der Waals surface area contributed by atoms with Crippen LogP contribution >= 0.6 is 23.2 Å². The van der Waals surface area contributed by atoms with Gasteiger partial charge in [0.2, 0.25) is 11.8 Å². The molecule has 0 aliphatic carbocycles. The molecular weight excluding hydrogens is 669 g/mol. The van der Waals surface area contributed by atoms with Crippen molar-refractivity contribution in [1.82, 2.24) is 10.2 Å². The van der Waals surface area contributed by atoms with Crippen LogP contribution in [-0.4, -0.2) is 50.9 Å². The lowest BCUT2D eigenvalue weighted by atomic mass is 10.0. The molecule has 48 heavy (non-hydrogen) atoms. The van der Waals surface area contributed by atoms with Crippen LogP contribution in [0.5, 0.6) is 5.75 Å². The summed E-state index contributed by atoms with van der Waals surface area (Å²) < 4.78 is 35.4. The number of benzene rings is 4. The minimum atomic E-state index is -4.30. The van der Waals surface area contributed by atoms with Crippen LogP contribution in [0.4, 0.5) is 5.69 Å². The molecule has 4 aromatic carbocycles. The number of nitrogens with zero attached hydrogens (tertiary/aromatic N) is 2. The lowest BCUT2D eigenvalue weighted by Crippen LogP contribution is -2.54. The van der Waals surface area contributed by atoms with Gasteiger partial charge in [0.25, 0.3) is 10.0 Å². The first-order chi connectivity index (χ1) is 22.8. The first-order valence-electron chi connectivity index (χ1n) is 15.7. The molecule has 0 aromatic heterocycles. The molecule has 8 nitrogen and oxygen atoms in total. The third-order valence-corrected chi connectivity index (χ3v) is 10.6. The van der Waals surface area contributed by atoms with Crippen LogP contribution in [0.1, 0.15) is 42.5 Å². The van der Waals surface area contributed by atoms with Crippen molar-refractivity contribution in [1.29, 1.82) is 0 Å².